The van der Waals surface area contributed by atoms with Gasteiger partial charge in [-0.15, -0.1) is 0 Å². The Bertz CT molecular complexity index is 339. The molecule has 0 heterocycles. The van der Waals surface area contributed by atoms with Crippen LogP contribution in [0.4, 0.5) is 18.9 Å². The molecule has 0 bridgehead atoms. The first-order valence-electron chi connectivity index (χ1n) is 4.05. The molecule has 0 saturated carbocycles. The quantitative estimate of drug-likeness (QED) is 0.796. The second-order valence-corrected chi connectivity index (χ2v) is 2.81. The molecule has 0 fully saturated rings. The molecule has 0 spiro atoms. The Hall–Kier alpha value is -1.59. The molecule has 0 amide bonds. The zero-order valence-electron chi connectivity index (χ0n) is 7.97. The van der Waals surface area contributed by atoms with Gasteiger partial charge in [0.25, 0.3) is 0 Å². The first-order chi connectivity index (χ1) is 6.92. The Kier molecular flexibility index (Phi) is 3.28. The van der Waals surface area contributed by atoms with Gasteiger partial charge in [0.15, 0.2) is 18.1 Å². The molecule has 0 unspecified atom stereocenters. The Balaban J connectivity index is 2.79. The highest BCUT2D eigenvalue weighted by Gasteiger charge is 2.28. The van der Waals surface area contributed by atoms with Crippen LogP contribution in [0, 0.1) is 0 Å². The number of nitrogen functional groups attached to an aromatic ring is 1. The maximum atomic E-state index is 11.9. The summed E-state index contributed by atoms with van der Waals surface area (Å²) in [6.07, 6.45) is -4.38. The van der Waals surface area contributed by atoms with Crippen molar-refractivity contribution in [2.75, 3.05) is 19.5 Å². The number of halogens is 3. The summed E-state index contributed by atoms with van der Waals surface area (Å²) in [6.45, 7) is -1.37. The average molecular weight is 221 g/mol. The van der Waals surface area contributed by atoms with E-state index >= 15 is 0 Å². The molecule has 2 N–H and O–H groups in total. The van der Waals surface area contributed by atoms with Gasteiger partial charge in [-0.05, 0) is 12.1 Å². The molecule has 0 aromatic heterocycles. The van der Waals surface area contributed by atoms with Gasteiger partial charge in [0.2, 0.25) is 0 Å². The number of methoxy groups -OCH3 is 1. The number of ether oxygens (including phenoxy) is 2. The smallest absolute Gasteiger partial charge is 0.422 e. The lowest BCUT2D eigenvalue weighted by Crippen LogP contribution is -2.19. The highest BCUT2D eigenvalue weighted by Crippen LogP contribution is 2.30. The summed E-state index contributed by atoms with van der Waals surface area (Å²) in [7, 11) is 1.34. The van der Waals surface area contributed by atoms with Crippen LogP contribution in [0.3, 0.4) is 0 Å². The maximum absolute atomic E-state index is 11.9. The molecule has 3 nitrogen and oxygen atoms in total. The third kappa shape index (κ3) is 3.57. The molecule has 1 aromatic rings. The molecule has 84 valence electrons. The van der Waals surface area contributed by atoms with Crippen molar-refractivity contribution < 1.29 is 22.6 Å². The van der Waals surface area contributed by atoms with E-state index in [1.165, 1.54) is 25.3 Å². The highest BCUT2D eigenvalue weighted by atomic mass is 19.4. The van der Waals surface area contributed by atoms with Gasteiger partial charge in [0.1, 0.15) is 0 Å². The van der Waals surface area contributed by atoms with Crippen LogP contribution in [0.15, 0.2) is 18.2 Å². The third-order valence-corrected chi connectivity index (χ3v) is 1.58. The average Bonchev–Trinajstić information content (AvgIpc) is 2.14. The van der Waals surface area contributed by atoms with Crippen LogP contribution in [0.5, 0.6) is 11.5 Å². The second kappa shape index (κ2) is 4.29. The molecule has 0 aliphatic heterocycles. The van der Waals surface area contributed by atoms with Gasteiger partial charge in [-0.3, -0.25) is 0 Å². The standard InChI is InChI=1S/C9H10F3NO2/c1-14-7-3-2-6(13)4-8(7)15-5-9(10,11)12/h2-4H,5,13H2,1H3. The summed E-state index contributed by atoms with van der Waals surface area (Å²) in [4.78, 5) is 0. The van der Waals surface area contributed by atoms with Crippen molar-refractivity contribution in [1.82, 2.24) is 0 Å². The molecule has 0 radical (unpaired) electrons. The number of nitrogens with two attached hydrogens (primary N) is 1. The van der Waals surface area contributed by atoms with Gasteiger partial charge in [0.05, 0.1) is 7.11 Å². The van der Waals surface area contributed by atoms with E-state index in [0.29, 0.717) is 5.69 Å². The zero-order chi connectivity index (χ0) is 11.5. The summed E-state index contributed by atoms with van der Waals surface area (Å²) >= 11 is 0. The van der Waals surface area contributed by atoms with Crippen LogP contribution >= 0.6 is 0 Å². The first kappa shape index (κ1) is 11.5. The predicted molar refractivity (Wildman–Crippen MR) is 49.0 cm³/mol. The summed E-state index contributed by atoms with van der Waals surface area (Å²) < 4.78 is 45.0. The lowest BCUT2D eigenvalue weighted by atomic mass is 10.3. The summed E-state index contributed by atoms with van der Waals surface area (Å²) in [5.41, 5.74) is 5.72. The lowest BCUT2D eigenvalue weighted by Gasteiger charge is -2.12. The minimum atomic E-state index is -4.38. The lowest BCUT2D eigenvalue weighted by molar-refractivity contribution is -0.153. The van der Waals surface area contributed by atoms with Crippen molar-refractivity contribution in [2.45, 2.75) is 6.18 Å². The predicted octanol–water partition coefficient (Wildman–Crippen LogP) is 2.22. The summed E-state index contributed by atoms with van der Waals surface area (Å²) in [5.74, 6) is 0.197. The van der Waals surface area contributed by atoms with E-state index in [9.17, 15) is 13.2 Å². The largest absolute Gasteiger partial charge is 0.493 e. The van der Waals surface area contributed by atoms with E-state index in [1.54, 1.807) is 0 Å². The van der Waals surface area contributed by atoms with Crippen molar-refractivity contribution >= 4 is 5.69 Å². The maximum Gasteiger partial charge on any atom is 0.422 e. The minimum Gasteiger partial charge on any atom is -0.493 e. The molecule has 1 rings (SSSR count). The third-order valence-electron chi connectivity index (χ3n) is 1.58. The minimum absolute atomic E-state index is 0.0187. The van der Waals surface area contributed by atoms with Gasteiger partial charge in [-0.25, -0.2) is 0 Å². The molecular weight excluding hydrogens is 211 g/mol. The van der Waals surface area contributed by atoms with E-state index < -0.39 is 12.8 Å². The topological polar surface area (TPSA) is 44.5 Å². The van der Waals surface area contributed by atoms with E-state index in [1.807, 2.05) is 0 Å². The summed E-state index contributed by atoms with van der Waals surface area (Å²) in [6, 6.07) is 4.24. The van der Waals surface area contributed by atoms with E-state index in [2.05, 4.69) is 4.74 Å². The molecule has 15 heavy (non-hydrogen) atoms. The zero-order valence-corrected chi connectivity index (χ0v) is 7.97. The molecular formula is C9H10F3NO2. The number of alkyl halides is 3. The SMILES string of the molecule is COc1ccc(N)cc1OCC(F)(F)F. The van der Waals surface area contributed by atoms with Crippen molar-refractivity contribution in [3.05, 3.63) is 18.2 Å². The van der Waals surface area contributed by atoms with Gasteiger partial charge in [0, 0.05) is 11.8 Å². The number of hydrogen-bond acceptors (Lipinski definition) is 3. The number of rotatable bonds is 3. The monoisotopic (exact) mass is 221 g/mol. The van der Waals surface area contributed by atoms with Gasteiger partial charge in [-0.2, -0.15) is 13.2 Å². The Morgan fingerprint density at radius 2 is 1.93 bits per heavy atom. The Morgan fingerprint density at radius 1 is 1.27 bits per heavy atom. The van der Waals surface area contributed by atoms with Crippen molar-refractivity contribution in [3.63, 3.8) is 0 Å². The highest BCUT2D eigenvalue weighted by molar-refractivity contribution is 5.51. The van der Waals surface area contributed by atoms with Crippen LogP contribution in [-0.4, -0.2) is 19.9 Å². The molecule has 1 aromatic carbocycles. The molecule has 0 atom stereocenters. The molecule has 0 aliphatic carbocycles. The van der Waals surface area contributed by atoms with Crippen LogP contribution < -0.4 is 15.2 Å². The fraction of sp³-hybridized carbons (Fsp3) is 0.333. The normalized spacial score (nSPS) is 11.2. The molecule has 6 heteroatoms. The van der Waals surface area contributed by atoms with Crippen LogP contribution in [-0.2, 0) is 0 Å². The molecule has 0 saturated heterocycles. The Labute approximate surface area is 84.6 Å². The number of benzene rings is 1. The van der Waals surface area contributed by atoms with Gasteiger partial charge < -0.3 is 15.2 Å². The number of hydrogen-bond donors (Lipinski definition) is 1. The molecule has 0 aliphatic rings. The number of anilines is 1. The fourth-order valence-electron chi connectivity index (χ4n) is 0.966. The van der Waals surface area contributed by atoms with Crippen LogP contribution in [0.1, 0.15) is 0 Å². The van der Waals surface area contributed by atoms with Gasteiger partial charge in [-0.1, -0.05) is 0 Å². The van der Waals surface area contributed by atoms with Crippen LogP contribution in [0.25, 0.3) is 0 Å². The first-order valence-corrected chi connectivity index (χ1v) is 4.05. The van der Waals surface area contributed by atoms with Gasteiger partial charge >= 0.3 is 6.18 Å². The van der Waals surface area contributed by atoms with E-state index in [0.717, 1.165) is 0 Å². The van der Waals surface area contributed by atoms with E-state index in [-0.39, 0.29) is 11.5 Å². The van der Waals surface area contributed by atoms with Crippen molar-refractivity contribution in [2.24, 2.45) is 0 Å². The van der Waals surface area contributed by atoms with Crippen LogP contribution in [0.2, 0.25) is 0 Å². The van der Waals surface area contributed by atoms with Crippen molar-refractivity contribution in [3.8, 4) is 11.5 Å². The fourth-order valence-corrected chi connectivity index (χ4v) is 0.966. The van der Waals surface area contributed by atoms with E-state index in [4.69, 9.17) is 10.5 Å². The van der Waals surface area contributed by atoms with Crippen molar-refractivity contribution in [1.29, 1.82) is 0 Å². The summed E-state index contributed by atoms with van der Waals surface area (Å²) in [5, 5.41) is 0. The second-order valence-electron chi connectivity index (χ2n) is 2.81. The Morgan fingerprint density at radius 3 is 2.47 bits per heavy atom.